The highest BCUT2D eigenvalue weighted by Crippen LogP contribution is 2.33. The standard InChI is InChI=1S/C12H22N2O2/c1-3-16-8(2)7-13-12(15)10-6-9-4-5-11(10)14-9/h8-11,14H,3-7H2,1-2H3,(H,13,15). The summed E-state index contributed by atoms with van der Waals surface area (Å²) in [5, 5.41) is 6.47. The van der Waals surface area contributed by atoms with Crippen molar-refractivity contribution in [2.75, 3.05) is 13.2 Å². The van der Waals surface area contributed by atoms with Crippen molar-refractivity contribution in [1.82, 2.24) is 10.6 Å². The van der Waals surface area contributed by atoms with E-state index in [2.05, 4.69) is 10.6 Å². The first-order valence-electron chi connectivity index (χ1n) is 6.36. The van der Waals surface area contributed by atoms with E-state index in [4.69, 9.17) is 4.74 Å². The Morgan fingerprint density at radius 1 is 1.56 bits per heavy atom. The maximum atomic E-state index is 11.9. The molecule has 0 aliphatic carbocycles. The van der Waals surface area contributed by atoms with Gasteiger partial charge in [0.1, 0.15) is 0 Å². The van der Waals surface area contributed by atoms with Gasteiger partial charge in [0.2, 0.25) is 5.91 Å². The highest BCUT2D eigenvalue weighted by molar-refractivity contribution is 5.80. The van der Waals surface area contributed by atoms with Crippen molar-refractivity contribution in [3.05, 3.63) is 0 Å². The Labute approximate surface area is 97.1 Å². The van der Waals surface area contributed by atoms with Crippen LogP contribution in [0.4, 0.5) is 0 Å². The Bertz CT molecular complexity index is 257. The minimum Gasteiger partial charge on any atom is -0.377 e. The van der Waals surface area contributed by atoms with Crippen LogP contribution < -0.4 is 10.6 Å². The van der Waals surface area contributed by atoms with Gasteiger partial charge in [-0.3, -0.25) is 4.79 Å². The molecule has 2 aliphatic rings. The first-order chi connectivity index (χ1) is 7.70. The van der Waals surface area contributed by atoms with Crippen LogP contribution in [0.1, 0.15) is 33.1 Å². The van der Waals surface area contributed by atoms with Gasteiger partial charge in [-0.1, -0.05) is 0 Å². The third-order valence-electron chi connectivity index (χ3n) is 3.65. The average molecular weight is 226 g/mol. The van der Waals surface area contributed by atoms with Gasteiger partial charge in [0, 0.05) is 25.2 Å². The van der Waals surface area contributed by atoms with Crippen LogP contribution in [0.25, 0.3) is 0 Å². The van der Waals surface area contributed by atoms with Gasteiger partial charge in [0.15, 0.2) is 0 Å². The van der Waals surface area contributed by atoms with E-state index in [-0.39, 0.29) is 17.9 Å². The molecule has 4 nitrogen and oxygen atoms in total. The van der Waals surface area contributed by atoms with Gasteiger partial charge >= 0.3 is 0 Å². The summed E-state index contributed by atoms with van der Waals surface area (Å²) in [6.45, 7) is 5.29. The molecule has 0 saturated carbocycles. The lowest BCUT2D eigenvalue weighted by Gasteiger charge is -2.20. The molecule has 16 heavy (non-hydrogen) atoms. The van der Waals surface area contributed by atoms with E-state index in [0.717, 1.165) is 12.8 Å². The van der Waals surface area contributed by atoms with Crippen LogP contribution in [-0.2, 0) is 9.53 Å². The summed E-state index contributed by atoms with van der Waals surface area (Å²) in [5.74, 6) is 0.388. The maximum absolute atomic E-state index is 11.9. The molecule has 0 radical (unpaired) electrons. The van der Waals surface area contributed by atoms with Crippen LogP contribution in [0.2, 0.25) is 0 Å². The van der Waals surface area contributed by atoms with Gasteiger partial charge in [-0.15, -0.1) is 0 Å². The van der Waals surface area contributed by atoms with Crippen molar-refractivity contribution in [3.63, 3.8) is 0 Å². The minimum atomic E-state index is 0.112. The lowest BCUT2D eigenvalue weighted by atomic mass is 9.88. The Morgan fingerprint density at radius 2 is 2.38 bits per heavy atom. The normalized spacial score (nSPS) is 34.0. The number of hydrogen-bond acceptors (Lipinski definition) is 3. The number of amides is 1. The number of nitrogens with one attached hydrogen (secondary N) is 2. The van der Waals surface area contributed by atoms with E-state index in [1.807, 2.05) is 13.8 Å². The topological polar surface area (TPSA) is 50.4 Å². The van der Waals surface area contributed by atoms with Gasteiger partial charge in [0.25, 0.3) is 0 Å². The van der Waals surface area contributed by atoms with Crippen LogP contribution >= 0.6 is 0 Å². The molecule has 0 aromatic heterocycles. The van der Waals surface area contributed by atoms with Crippen molar-refractivity contribution in [2.45, 2.75) is 51.3 Å². The van der Waals surface area contributed by atoms with Crippen LogP contribution in [0.5, 0.6) is 0 Å². The van der Waals surface area contributed by atoms with Crippen molar-refractivity contribution >= 4 is 5.91 Å². The molecule has 0 spiro atoms. The molecule has 2 bridgehead atoms. The highest BCUT2D eigenvalue weighted by atomic mass is 16.5. The third kappa shape index (κ3) is 2.55. The predicted octanol–water partition coefficient (Wildman–Crippen LogP) is 0.668. The number of hydrogen-bond donors (Lipinski definition) is 2. The van der Waals surface area contributed by atoms with Gasteiger partial charge in [-0.05, 0) is 33.1 Å². The summed E-state index contributed by atoms with van der Waals surface area (Å²) >= 11 is 0. The number of carbonyl (C=O) groups excluding carboxylic acids is 1. The fourth-order valence-electron chi connectivity index (χ4n) is 2.83. The largest absolute Gasteiger partial charge is 0.377 e. The van der Waals surface area contributed by atoms with E-state index in [9.17, 15) is 4.79 Å². The van der Waals surface area contributed by atoms with E-state index < -0.39 is 0 Å². The summed E-state index contributed by atoms with van der Waals surface area (Å²) in [5.41, 5.74) is 0. The molecule has 4 unspecified atom stereocenters. The SMILES string of the molecule is CCOC(C)CNC(=O)C1CC2CCC1N2. The number of carbonyl (C=O) groups is 1. The minimum absolute atomic E-state index is 0.112. The average Bonchev–Trinajstić information content (AvgIpc) is 2.88. The van der Waals surface area contributed by atoms with Crippen LogP contribution in [-0.4, -0.2) is 37.2 Å². The fourth-order valence-corrected chi connectivity index (χ4v) is 2.83. The van der Waals surface area contributed by atoms with Gasteiger partial charge in [0.05, 0.1) is 12.0 Å². The zero-order valence-electron chi connectivity index (χ0n) is 10.2. The summed E-state index contributed by atoms with van der Waals surface area (Å²) in [4.78, 5) is 11.9. The predicted molar refractivity (Wildman–Crippen MR) is 62.2 cm³/mol. The quantitative estimate of drug-likeness (QED) is 0.724. The second kappa shape index (κ2) is 5.15. The Hall–Kier alpha value is -0.610. The number of rotatable bonds is 5. The van der Waals surface area contributed by atoms with Crippen molar-refractivity contribution in [1.29, 1.82) is 0 Å². The Balaban J connectivity index is 1.72. The maximum Gasteiger partial charge on any atom is 0.224 e. The highest BCUT2D eigenvalue weighted by Gasteiger charge is 2.42. The van der Waals surface area contributed by atoms with E-state index >= 15 is 0 Å². The molecule has 1 amide bonds. The Morgan fingerprint density at radius 3 is 2.94 bits per heavy atom. The molecular weight excluding hydrogens is 204 g/mol. The van der Waals surface area contributed by atoms with Crippen molar-refractivity contribution in [2.24, 2.45) is 5.92 Å². The third-order valence-corrected chi connectivity index (χ3v) is 3.65. The summed E-state index contributed by atoms with van der Waals surface area (Å²) < 4.78 is 5.39. The second-order valence-corrected chi connectivity index (χ2v) is 4.90. The summed E-state index contributed by atoms with van der Waals surface area (Å²) in [7, 11) is 0. The Kier molecular flexibility index (Phi) is 3.82. The zero-order valence-corrected chi connectivity index (χ0v) is 10.2. The van der Waals surface area contributed by atoms with Gasteiger partial charge < -0.3 is 15.4 Å². The van der Waals surface area contributed by atoms with Gasteiger partial charge in [-0.25, -0.2) is 0 Å². The molecule has 0 aromatic carbocycles. The fraction of sp³-hybridized carbons (Fsp3) is 0.917. The molecule has 2 saturated heterocycles. The summed E-state index contributed by atoms with van der Waals surface area (Å²) in [6.07, 6.45) is 3.52. The first kappa shape index (κ1) is 11.9. The lowest BCUT2D eigenvalue weighted by Crippen LogP contribution is -2.40. The second-order valence-electron chi connectivity index (χ2n) is 4.90. The molecule has 4 heteroatoms. The first-order valence-corrected chi connectivity index (χ1v) is 6.36. The molecular formula is C12H22N2O2. The monoisotopic (exact) mass is 226 g/mol. The van der Waals surface area contributed by atoms with Crippen LogP contribution in [0, 0.1) is 5.92 Å². The molecule has 92 valence electrons. The van der Waals surface area contributed by atoms with E-state index in [0.29, 0.717) is 25.2 Å². The number of ether oxygens (including phenoxy) is 1. The molecule has 0 aromatic rings. The van der Waals surface area contributed by atoms with E-state index in [1.54, 1.807) is 0 Å². The lowest BCUT2D eigenvalue weighted by molar-refractivity contribution is -0.126. The van der Waals surface area contributed by atoms with Crippen LogP contribution in [0.15, 0.2) is 0 Å². The number of fused-ring (bicyclic) bond motifs is 2. The summed E-state index contributed by atoms with van der Waals surface area (Å²) in [6, 6.07) is 1.01. The van der Waals surface area contributed by atoms with Crippen molar-refractivity contribution in [3.8, 4) is 0 Å². The molecule has 2 fully saturated rings. The van der Waals surface area contributed by atoms with Gasteiger partial charge in [-0.2, -0.15) is 0 Å². The molecule has 4 atom stereocenters. The molecule has 2 heterocycles. The molecule has 2 aliphatic heterocycles. The molecule has 2 N–H and O–H groups in total. The van der Waals surface area contributed by atoms with Crippen molar-refractivity contribution < 1.29 is 9.53 Å². The van der Waals surface area contributed by atoms with E-state index in [1.165, 1.54) is 6.42 Å². The zero-order chi connectivity index (χ0) is 11.5. The van der Waals surface area contributed by atoms with Crippen LogP contribution in [0.3, 0.4) is 0 Å². The smallest absolute Gasteiger partial charge is 0.224 e. The molecule has 2 rings (SSSR count).